The van der Waals surface area contributed by atoms with Crippen molar-refractivity contribution in [3.05, 3.63) is 34.6 Å². The molecule has 0 atom stereocenters. The standard InChI is InChI=1S/C18H23F3N4O2S/c1-3-24(4-2)9-10-25-16(27)13-7-5-6-8-14(13)23-17(25)28-11-15(26)22-12-18(19,20)21/h5-8H,3-4,9-12H2,1-2H3,(H,22,26)/p+1. The number of benzene rings is 1. The largest absolute Gasteiger partial charge is 0.405 e. The predicted molar refractivity (Wildman–Crippen MR) is 103 cm³/mol. The van der Waals surface area contributed by atoms with Crippen molar-refractivity contribution in [1.29, 1.82) is 0 Å². The molecule has 0 unspecified atom stereocenters. The zero-order valence-corrected chi connectivity index (χ0v) is 16.6. The number of amides is 1. The smallest absolute Gasteiger partial charge is 0.346 e. The van der Waals surface area contributed by atoms with Gasteiger partial charge in [-0.1, -0.05) is 23.9 Å². The zero-order valence-electron chi connectivity index (χ0n) is 15.8. The molecule has 2 rings (SSSR count). The van der Waals surface area contributed by atoms with Crippen LogP contribution in [0.25, 0.3) is 10.9 Å². The van der Waals surface area contributed by atoms with Crippen LogP contribution in [0.3, 0.4) is 0 Å². The van der Waals surface area contributed by atoms with Crippen LogP contribution in [-0.4, -0.2) is 53.6 Å². The molecule has 2 aromatic rings. The maximum atomic E-state index is 12.9. The van der Waals surface area contributed by atoms with Crippen molar-refractivity contribution in [3.63, 3.8) is 0 Å². The fourth-order valence-electron chi connectivity index (χ4n) is 2.71. The summed E-state index contributed by atoms with van der Waals surface area (Å²) in [5.74, 6) is -1.01. The number of halogens is 3. The number of fused-ring (bicyclic) bond motifs is 1. The Morgan fingerprint density at radius 3 is 2.57 bits per heavy atom. The van der Waals surface area contributed by atoms with Gasteiger partial charge in [0, 0.05) is 0 Å². The second-order valence-corrected chi connectivity index (χ2v) is 7.20. The normalized spacial score (nSPS) is 11.9. The number of nitrogens with zero attached hydrogens (tertiary/aromatic N) is 2. The Balaban J connectivity index is 2.23. The Morgan fingerprint density at radius 2 is 1.93 bits per heavy atom. The van der Waals surface area contributed by atoms with Gasteiger partial charge in [0.05, 0.1) is 42.8 Å². The third-order valence-electron chi connectivity index (χ3n) is 4.33. The summed E-state index contributed by atoms with van der Waals surface area (Å²) in [5, 5.41) is 2.63. The van der Waals surface area contributed by atoms with E-state index < -0.39 is 18.6 Å². The van der Waals surface area contributed by atoms with Gasteiger partial charge in [-0.05, 0) is 26.0 Å². The van der Waals surface area contributed by atoms with Crippen LogP contribution in [0.1, 0.15) is 13.8 Å². The number of aromatic nitrogens is 2. The molecule has 1 amide bonds. The van der Waals surface area contributed by atoms with Gasteiger partial charge in [0.2, 0.25) is 5.91 Å². The fraction of sp³-hybridized carbons (Fsp3) is 0.500. The number of para-hydroxylation sites is 1. The summed E-state index contributed by atoms with van der Waals surface area (Å²) in [6, 6.07) is 6.90. The van der Waals surface area contributed by atoms with E-state index in [2.05, 4.69) is 18.8 Å². The Hall–Kier alpha value is -2.07. The Bertz CT molecular complexity index is 866. The molecule has 28 heavy (non-hydrogen) atoms. The number of quaternary nitrogens is 1. The molecule has 0 aliphatic heterocycles. The van der Waals surface area contributed by atoms with Crippen LogP contribution in [0, 0.1) is 0 Å². The summed E-state index contributed by atoms with van der Waals surface area (Å²) in [6.45, 7) is 5.68. The van der Waals surface area contributed by atoms with E-state index in [1.54, 1.807) is 24.3 Å². The predicted octanol–water partition coefficient (Wildman–Crippen LogP) is 1.09. The highest BCUT2D eigenvalue weighted by molar-refractivity contribution is 7.99. The first-order valence-corrected chi connectivity index (χ1v) is 10.0. The summed E-state index contributed by atoms with van der Waals surface area (Å²) >= 11 is 0.965. The van der Waals surface area contributed by atoms with Gasteiger partial charge in [-0.25, -0.2) is 4.98 Å². The molecule has 154 valence electrons. The maximum absolute atomic E-state index is 12.9. The molecule has 1 aromatic carbocycles. The Labute approximate surface area is 165 Å². The molecule has 10 heteroatoms. The lowest BCUT2D eigenvalue weighted by Gasteiger charge is -2.18. The molecule has 0 aliphatic rings. The van der Waals surface area contributed by atoms with Gasteiger partial charge in [0.1, 0.15) is 6.54 Å². The van der Waals surface area contributed by atoms with Crippen molar-refractivity contribution in [2.45, 2.75) is 31.7 Å². The van der Waals surface area contributed by atoms with Crippen molar-refractivity contribution >= 4 is 28.6 Å². The van der Waals surface area contributed by atoms with E-state index in [0.29, 0.717) is 29.1 Å². The molecule has 0 saturated heterocycles. The van der Waals surface area contributed by atoms with Gasteiger partial charge in [0.15, 0.2) is 5.16 Å². The summed E-state index contributed by atoms with van der Waals surface area (Å²) in [5.41, 5.74) is 0.285. The van der Waals surface area contributed by atoms with Gasteiger partial charge in [0.25, 0.3) is 5.56 Å². The van der Waals surface area contributed by atoms with E-state index in [9.17, 15) is 22.8 Å². The number of thioether (sulfide) groups is 1. The Morgan fingerprint density at radius 1 is 1.25 bits per heavy atom. The fourth-order valence-corrected chi connectivity index (χ4v) is 3.56. The van der Waals surface area contributed by atoms with Crippen LogP contribution < -0.4 is 15.8 Å². The molecule has 0 saturated carbocycles. The van der Waals surface area contributed by atoms with Crippen LogP contribution in [0.5, 0.6) is 0 Å². The summed E-state index contributed by atoms with van der Waals surface area (Å²) in [7, 11) is 0. The van der Waals surface area contributed by atoms with Crippen molar-refractivity contribution in [2.75, 3.05) is 31.9 Å². The summed E-state index contributed by atoms with van der Waals surface area (Å²) in [6.07, 6.45) is -4.46. The van der Waals surface area contributed by atoms with E-state index in [-0.39, 0.29) is 11.3 Å². The average Bonchev–Trinajstić information content (AvgIpc) is 2.66. The van der Waals surface area contributed by atoms with Gasteiger partial charge in [-0.15, -0.1) is 0 Å². The summed E-state index contributed by atoms with van der Waals surface area (Å²) in [4.78, 5) is 30.4. The van der Waals surface area contributed by atoms with Crippen LogP contribution >= 0.6 is 11.8 Å². The number of carbonyl (C=O) groups is 1. The van der Waals surface area contributed by atoms with Crippen LogP contribution in [0.4, 0.5) is 13.2 Å². The topological polar surface area (TPSA) is 68.4 Å². The SMILES string of the molecule is CC[NH+](CC)CCn1c(SCC(=O)NCC(F)(F)F)nc2ccccc2c1=O. The highest BCUT2D eigenvalue weighted by atomic mass is 32.2. The van der Waals surface area contributed by atoms with E-state index in [1.165, 1.54) is 9.47 Å². The minimum atomic E-state index is -4.46. The second kappa shape index (κ2) is 9.92. The molecule has 0 aliphatic carbocycles. The van der Waals surface area contributed by atoms with E-state index >= 15 is 0 Å². The highest BCUT2D eigenvalue weighted by Crippen LogP contribution is 2.18. The number of likely N-dealkylation sites (N-methyl/N-ethyl adjacent to an activating group) is 1. The number of carbonyl (C=O) groups excluding carboxylic acids is 1. The molecule has 1 heterocycles. The molecular formula is C18H24F3N4O2S+. The first kappa shape index (κ1) is 22.2. The number of alkyl halides is 3. The van der Waals surface area contributed by atoms with Crippen LogP contribution in [0.2, 0.25) is 0 Å². The third-order valence-corrected chi connectivity index (χ3v) is 5.31. The minimum absolute atomic E-state index is 0.213. The van der Waals surface area contributed by atoms with Gasteiger partial charge < -0.3 is 10.2 Å². The van der Waals surface area contributed by atoms with Crippen LogP contribution in [0.15, 0.2) is 34.2 Å². The number of hydrogen-bond donors (Lipinski definition) is 2. The molecule has 0 spiro atoms. The minimum Gasteiger partial charge on any atom is -0.346 e. The number of nitrogens with one attached hydrogen (secondary N) is 2. The average molecular weight is 417 g/mol. The van der Waals surface area contributed by atoms with Crippen molar-refractivity contribution in [3.8, 4) is 0 Å². The highest BCUT2D eigenvalue weighted by Gasteiger charge is 2.27. The van der Waals surface area contributed by atoms with Gasteiger partial charge >= 0.3 is 6.18 Å². The molecule has 0 radical (unpaired) electrons. The van der Waals surface area contributed by atoms with E-state index in [1.807, 2.05) is 5.32 Å². The number of rotatable bonds is 9. The molecular weight excluding hydrogens is 393 g/mol. The molecule has 1 aromatic heterocycles. The van der Waals surface area contributed by atoms with Crippen LogP contribution in [-0.2, 0) is 11.3 Å². The maximum Gasteiger partial charge on any atom is 0.405 e. The second-order valence-electron chi connectivity index (χ2n) is 6.26. The van der Waals surface area contributed by atoms with Crippen molar-refractivity contribution < 1.29 is 22.9 Å². The van der Waals surface area contributed by atoms with E-state index in [4.69, 9.17) is 0 Å². The van der Waals surface area contributed by atoms with E-state index in [0.717, 1.165) is 24.9 Å². The third kappa shape index (κ3) is 6.23. The van der Waals surface area contributed by atoms with Crippen molar-refractivity contribution in [1.82, 2.24) is 14.9 Å². The molecule has 6 nitrogen and oxygen atoms in total. The van der Waals surface area contributed by atoms with Gasteiger partial charge in [-0.2, -0.15) is 13.2 Å². The lowest BCUT2D eigenvalue weighted by atomic mass is 10.2. The lowest BCUT2D eigenvalue weighted by molar-refractivity contribution is -0.897. The van der Waals surface area contributed by atoms with Gasteiger partial charge in [-0.3, -0.25) is 14.2 Å². The molecule has 0 fully saturated rings. The molecule has 0 bridgehead atoms. The first-order valence-electron chi connectivity index (χ1n) is 9.04. The number of hydrogen-bond acceptors (Lipinski definition) is 4. The summed E-state index contributed by atoms with van der Waals surface area (Å²) < 4.78 is 38.2. The quantitative estimate of drug-likeness (QED) is 0.474. The zero-order chi connectivity index (χ0) is 20.7. The molecule has 2 N–H and O–H groups in total. The lowest BCUT2D eigenvalue weighted by Crippen LogP contribution is -3.11. The Kier molecular flexibility index (Phi) is 7.88. The monoisotopic (exact) mass is 417 g/mol. The van der Waals surface area contributed by atoms with Crippen molar-refractivity contribution in [2.24, 2.45) is 0 Å². The first-order chi connectivity index (χ1) is 13.2.